The molecule has 1 fully saturated rings. The number of amides is 1. The number of carbonyl (C=O) groups is 2. The van der Waals surface area contributed by atoms with Gasteiger partial charge in [0.1, 0.15) is 5.70 Å². The number of aliphatic hydroxyl groups is 1. The third-order valence-corrected chi connectivity index (χ3v) is 3.53. The van der Waals surface area contributed by atoms with Crippen molar-refractivity contribution in [1.29, 1.82) is 0 Å². The fourth-order valence-corrected chi connectivity index (χ4v) is 2.01. The molecular weight excluding hydrogens is 246 g/mol. The van der Waals surface area contributed by atoms with Crippen molar-refractivity contribution in [2.24, 2.45) is 11.3 Å². The molecule has 1 saturated carbocycles. The zero-order valence-corrected chi connectivity index (χ0v) is 11.6. The minimum atomic E-state index is -1.10. The molecule has 0 saturated heterocycles. The fourth-order valence-electron chi connectivity index (χ4n) is 2.01. The van der Waals surface area contributed by atoms with Crippen LogP contribution in [0.15, 0.2) is 11.8 Å². The van der Waals surface area contributed by atoms with Crippen molar-refractivity contribution in [3.05, 3.63) is 11.8 Å². The van der Waals surface area contributed by atoms with E-state index in [9.17, 15) is 9.59 Å². The van der Waals surface area contributed by atoms with Crippen LogP contribution in [-0.2, 0) is 9.59 Å². The molecule has 0 aromatic rings. The predicted octanol–water partition coefficient (Wildman–Crippen LogP) is 1.67. The van der Waals surface area contributed by atoms with E-state index < -0.39 is 5.97 Å². The van der Waals surface area contributed by atoms with Gasteiger partial charge in [-0.15, -0.1) is 0 Å². The van der Waals surface area contributed by atoms with E-state index in [-0.39, 0.29) is 29.5 Å². The van der Waals surface area contributed by atoms with Crippen LogP contribution in [0.1, 0.15) is 46.0 Å². The smallest absolute Gasteiger partial charge is 0.352 e. The number of allylic oxidation sites excluding steroid dienone is 1. The second-order valence-corrected chi connectivity index (χ2v) is 5.73. The maximum Gasteiger partial charge on any atom is 0.352 e. The highest BCUT2D eigenvalue weighted by Gasteiger charge is 2.50. The first-order chi connectivity index (χ1) is 8.88. The molecule has 1 aliphatic carbocycles. The van der Waals surface area contributed by atoms with Gasteiger partial charge in [0, 0.05) is 12.5 Å². The molecule has 1 amide bonds. The maximum absolute atomic E-state index is 11.8. The van der Waals surface area contributed by atoms with Crippen molar-refractivity contribution < 1.29 is 19.8 Å². The number of unbranched alkanes of at least 4 members (excludes halogenated alkanes) is 3. The zero-order valence-electron chi connectivity index (χ0n) is 11.6. The van der Waals surface area contributed by atoms with E-state index in [4.69, 9.17) is 10.2 Å². The van der Waals surface area contributed by atoms with Gasteiger partial charge in [0.15, 0.2) is 0 Å². The number of nitrogens with one attached hydrogen (secondary N) is 1. The summed E-state index contributed by atoms with van der Waals surface area (Å²) >= 11 is 0. The topological polar surface area (TPSA) is 86.6 Å². The molecule has 0 bridgehead atoms. The summed E-state index contributed by atoms with van der Waals surface area (Å²) in [5.41, 5.74) is -0.0360. The van der Waals surface area contributed by atoms with Crippen molar-refractivity contribution in [2.45, 2.75) is 46.0 Å². The van der Waals surface area contributed by atoms with Crippen LogP contribution in [0.5, 0.6) is 0 Å². The van der Waals surface area contributed by atoms with E-state index >= 15 is 0 Å². The fraction of sp³-hybridized carbons (Fsp3) is 0.714. The average Bonchev–Trinajstić information content (AvgIpc) is 2.96. The SMILES string of the molecule is CC1(C)CC1C(=O)N/C(=C/CCCCCO)C(=O)O. The summed E-state index contributed by atoms with van der Waals surface area (Å²) < 4.78 is 0. The second-order valence-electron chi connectivity index (χ2n) is 5.73. The Labute approximate surface area is 113 Å². The van der Waals surface area contributed by atoms with Gasteiger partial charge in [0.2, 0.25) is 5.91 Å². The molecular formula is C14H23NO4. The minimum Gasteiger partial charge on any atom is -0.477 e. The molecule has 1 rings (SSSR count). The Kier molecular flexibility index (Phi) is 5.54. The van der Waals surface area contributed by atoms with E-state index in [1.54, 1.807) is 6.08 Å². The van der Waals surface area contributed by atoms with E-state index in [2.05, 4.69) is 5.32 Å². The van der Waals surface area contributed by atoms with E-state index in [1.807, 2.05) is 13.8 Å². The standard InChI is InChI=1S/C14H23NO4/c1-14(2)9-10(14)12(17)15-11(13(18)19)7-5-3-4-6-8-16/h7,10,16H,3-6,8-9H2,1-2H3,(H,15,17)(H,18,19)/b11-7+. The Hall–Kier alpha value is -1.36. The highest BCUT2D eigenvalue weighted by molar-refractivity contribution is 5.94. The van der Waals surface area contributed by atoms with Gasteiger partial charge in [-0.2, -0.15) is 0 Å². The van der Waals surface area contributed by atoms with Crippen LogP contribution in [0.4, 0.5) is 0 Å². The van der Waals surface area contributed by atoms with Crippen molar-refractivity contribution in [1.82, 2.24) is 5.32 Å². The van der Waals surface area contributed by atoms with Gasteiger partial charge >= 0.3 is 5.97 Å². The van der Waals surface area contributed by atoms with Crippen LogP contribution >= 0.6 is 0 Å². The number of rotatable bonds is 8. The van der Waals surface area contributed by atoms with Gasteiger partial charge < -0.3 is 15.5 Å². The summed E-state index contributed by atoms with van der Waals surface area (Å²) in [6, 6.07) is 0. The first-order valence-electron chi connectivity index (χ1n) is 6.73. The van der Waals surface area contributed by atoms with Crippen molar-refractivity contribution in [3.63, 3.8) is 0 Å². The first-order valence-corrected chi connectivity index (χ1v) is 6.73. The minimum absolute atomic E-state index is 0.00514. The molecule has 0 aromatic heterocycles. The third kappa shape index (κ3) is 5.03. The Morgan fingerprint density at radius 1 is 1.32 bits per heavy atom. The molecule has 19 heavy (non-hydrogen) atoms. The van der Waals surface area contributed by atoms with Crippen LogP contribution in [0, 0.1) is 11.3 Å². The number of aliphatic hydroxyl groups excluding tert-OH is 1. The van der Waals surface area contributed by atoms with Gasteiger partial charge in [0.25, 0.3) is 0 Å². The molecule has 0 aromatic carbocycles. The lowest BCUT2D eigenvalue weighted by Crippen LogP contribution is -2.29. The van der Waals surface area contributed by atoms with Crippen LogP contribution in [0.2, 0.25) is 0 Å². The van der Waals surface area contributed by atoms with E-state index in [0.29, 0.717) is 6.42 Å². The Morgan fingerprint density at radius 2 is 1.95 bits per heavy atom. The molecule has 3 N–H and O–H groups in total. The number of aliphatic carboxylic acids is 1. The van der Waals surface area contributed by atoms with Crippen LogP contribution in [-0.4, -0.2) is 28.7 Å². The molecule has 108 valence electrons. The molecule has 5 nitrogen and oxygen atoms in total. The van der Waals surface area contributed by atoms with Crippen LogP contribution in [0.25, 0.3) is 0 Å². The number of carboxylic acid groups (broad SMARTS) is 1. The Balaban J connectivity index is 2.42. The average molecular weight is 269 g/mol. The molecule has 0 radical (unpaired) electrons. The van der Waals surface area contributed by atoms with Crippen molar-refractivity contribution in [2.75, 3.05) is 6.61 Å². The molecule has 1 unspecified atom stereocenters. The molecule has 0 heterocycles. The highest BCUT2D eigenvalue weighted by Crippen LogP contribution is 2.51. The number of carbonyl (C=O) groups excluding carboxylic acids is 1. The van der Waals surface area contributed by atoms with Crippen LogP contribution < -0.4 is 5.32 Å². The molecule has 0 spiro atoms. The Bertz CT molecular complexity index is 374. The summed E-state index contributed by atoms with van der Waals surface area (Å²) in [7, 11) is 0. The van der Waals surface area contributed by atoms with Crippen molar-refractivity contribution in [3.8, 4) is 0 Å². The number of hydrogen-bond acceptors (Lipinski definition) is 3. The summed E-state index contributed by atoms with van der Waals surface area (Å²) in [5.74, 6) is -1.38. The highest BCUT2D eigenvalue weighted by atomic mass is 16.4. The van der Waals surface area contributed by atoms with Gasteiger partial charge in [0.05, 0.1) is 0 Å². The van der Waals surface area contributed by atoms with Gasteiger partial charge in [-0.05, 0) is 31.1 Å². The largest absolute Gasteiger partial charge is 0.477 e. The first kappa shape index (κ1) is 15.7. The quantitative estimate of drug-likeness (QED) is 0.462. The zero-order chi connectivity index (χ0) is 14.5. The molecule has 5 heteroatoms. The van der Waals surface area contributed by atoms with Crippen molar-refractivity contribution >= 4 is 11.9 Å². The second kappa shape index (κ2) is 6.70. The molecule has 1 aliphatic rings. The van der Waals surface area contributed by atoms with Crippen LogP contribution in [0.3, 0.4) is 0 Å². The summed E-state index contributed by atoms with van der Waals surface area (Å²) in [6.07, 6.45) is 5.33. The summed E-state index contributed by atoms with van der Waals surface area (Å²) in [5, 5.41) is 20.2. The van der Waals surface area contributed by atoms with Gasteiger partial charge in [-0.25, -0.2) is 4.79 Å². The normalized spacial score (nSPS) is 21.0. The molecule has 1 atom stereocenters. The lowest BCUT2D eigenvalue weighted by atomic mass is 10.1. The maximum atomic E-state index is 11.8. The van der Waals surface area contributed by atoms with E-state index in [1.165, 1.54) is 0 Å². The predicted molar refractivity (Wildman–Crippen MR) is 71.3 cm³/mol. The monoisotopic (exact) mass is 269 g/mol. The van der Waals surface area contributed by atoms with Gasteiger partial charge in [-0.1, -0.05) is 26.3 Å². The Morgan fingerprint density at radius 3 is 2.42 bits per heavy atom. The number of hydrogen-bond donors (Lipinski definition) is 3. The molecule has 0 aliphatic heterocycles. The summed E-state index contributed by atoms with van der Waals surface area (Å²) in [6.45, 7) is 4.15. The lowest BCUT2D eigenvalue weighted by Gasteiger charge is -2.07. The lowest BCUT2D eigenvalue weighted by molar-refractivity contribution is -0.135. The third-order valence-electron chi connectivity index (χ3n) is 3.53. The summed E-state index contributed by atoms with van der Waals surface area (Å²) in [4.78, 5) is 22.9. The number of carboxylic acids is 1. The van der Waals surface area contributed by atoms with E-state index in [0.717, 1.165) is 25.7 Å². The van der Waals surface area contributed by atoms with Gasteiger partial charge in [-0.3, -0.25) is 4.79 Å².